The Hall–Kier alpha value is -1.20. The molecule has 1 aliphatic carbocycles. The lowest BCUT2D eigenvalue weighted by Crippen LogP contribution is -2.59. The molecule has 0 bridgehead atoms. The molecule has 1 spiro atoms. The molecule has 2 aliphatic rings. The fourth-order valence-corrected chi connectivity index (χ4v) is 1.71. The maximum Gasteiger partial charge on any atom is 0.431 e. The summed E-state index contributed by atoms with van der Waals surface area (Å²) in [6.07, 6.45) is -1.37. The van der Waals surface area contributed by atoms with E-state index in [4.69, 9.17) is 0 Å². The highest BCUT2D eigenvalue weighted by Gasteiger charge is 2.45. The van der Waals surface area contributed by atoms with Gasteiger partial charge in [0.1, 0.15) is 5.70 Å². The van der Waals surface area contributed by atoms with Crippen molar-refractivity contribution >= 4 is 6.03 Å². The third-order valence-electron chi connectivity index (χ3n) is 2.58. The minimum absolute atomic E-state index is 0.583. The molecule has 2 rings (SSSR count). The van der Waals surface area contributed by atoms with E-state index in [0.29, 0.717) is 12.8 Å². The Kier molecular flexibility index (Phi) is 1.77. The molecule has 0 aromatic rings. The van der Waals surface area contributed by atoms with Gasteiger partial charge in [-0.3, -0.25) is 0 Å². The van der Waals surface area contributed by atoms with Crippen molar-refractivity contribution in [1.82, 2.24) is 10.6 Å². The molecule has 0 radical (unpaired) electrons. The van der Waals surface area contributed by atoms with Gasteiger partial charge in [0.05, 0.1) is 5.54 Å². The van der Waals surface area contributed by atoms with Crippen LogP contribution in [0.25, 0.3) is 0 Å². The normalized spacial score (nSPS) is 24.8. The maximum absolute atomic E-state index is 12.3. The zero-order valence-corrected chi connectivity index (χ0v) is 7.24. The molecule has 1 saturated carbocycles. The van der Waals surface area contributed by atoms with Gasteiger partial charge < -0.3 is 10.6 Å². The number of urea groups is 1. The van der Waals surface area contributed by atoms with Crippen LogP contribution in [0.3, 0.4) is 0 Å². The first-order valence-corrected chi connectivity index (χ1v) is 4.31. The minimum atomic E-state index is -4.47. The van der Waals surface area contributed by atoms with Crippen LogP contribution < -0.4 is 10.6 Å². The van der Waals surface area contributed by atoms with Gasteiger partial charge in [0.15, 0.2) is 0 Å². The van der Waals surface area contributed by atoms with Crippen molar-refractivity contribution in [1.29, 1.82) is 0 Å². The van der Waals surface area contributed by atoms with Crippen LogP contribution in [0.4, 0.5) is 18.0 Å². The lowest BCUT2D eigenvalue weighted by molar-refractivity contribution is -0.0974. The van der Waals surface area contributed by atoms with E-state index in [2.05, 4.69) is 5.32 Å². The van der Waals surface area contributed by atoms with E-state index in [1.54, 1.807) is 5.32 Å². The van der Waals surface area contributed by atoms with Crippen LogP contribution in [0.15, 0.2) is 11.8 Å². The van der Waals surface area contributed by atoms with Crippen molar-refractivity contribution < 1.29 is 18.0 Å². The third kappa shape index (κ3) is 1.44. The van der Waals surface area contributed by atoms with E-state index in [1.807, 2.05) is 0 Å². The van der Waals surface area contributed by atoms with Gasteiger partial charge in [0, 0.05) is 0 Å². The van der Waals surface area contributed by atoms with Crippen molar-refractivity contribution in [3.8, 4) is 0 Å². The molecule has 3 nitrogen and oxygen atoms in total. The highest BCUT2D eigenvalue weighted by Crippen LogP contribution is 2.38. The number of hydrogen-bond acceptors (Lipinski definition) is 1. The van der Waals surface area contributed by atoms with Crippen LogP contribution in [0, 0.1) is 0 Å². The predicted octanol–water partition coefficient (Wildman–Crippen LogP) is 1.67. The summed E-state index contributed by atoms with van der Waals surface area (Å²) < 4.78 is 36.9. The predicted molar refractivity (Wildman–Crippen MR) is 42.4 cm³/mol. The van der Waals surface area contributed by atoms with E-state index in [-0.39, 0.29) is 0 Å². The molecule has 1 aliphatic heterocycles. The molecule has 78 valence electrons. The minimum Gasteiger partial charge on any atom is -0.329 e. The molecule has 2 amide bonds. The molecule has 14 heavy (non-hydrogen) atoms. The van der Waals surface area contributed by atoms with Crippen molar-refractivity contribution in [2.24, 2.45) is 0 Å². The number of allylic oxidation sites excluding steroid dienone is 1. The molecule has 1 fully saturated rings. The smallest absolute Gasteiger partial charge is 0.329 e. The molecule has 0 atom stereocenters. The van der Waals surface area contributed by atoms with Gasteiger partial charge in [0.25, 0.3) is 0 Å². The van der Waals surface area contributed by atoms with Crippen LogP contribution >= 0.6 is 0 Å². The van der Waals surface area contributed by atoms with E-state index in [1.165, 1.54) is 0 Å². The van der Waals surface area contributed by atoms with E-state index in [9.17, 15) is 18.0 Å². The Bertz CT molecular complexity index is 304. The molecular weight excluding hydrogens is 197 g/mol. The second-order valence-corrected chi connectivity index (χ2v) is 3.64. The van der Waals surface area contributed by atoms with Gasteiger partial charge in [-0.15, -0.1) is 0 Å². The average molecular weight is 206 g/mol. The molecule has 2 N–H and O–H groups in total. The van der Waals surface area contributed by atoms with Crippen molar-refractivity contribution in [3.05, 3.63) is 11.8 Å². The fraction of sp³-hybridized carbons (Fsp3) is 0.625. The molecular formula is C8H9F3N2O. The monoisotopic (exact) mass is 206 g/mol. The maximum atomic E-state index is 12.3. The first-order chi connectivity index (χ1) is 6.41. The van der Waals surface area contributed by atoms with E-state index in [0.717, 1.165) is 12.5 Å². The highest BCUT2D eigenvalue weighted by atomic mass is 19.4. The topological polar surface area (TPSA) is 41.1 Å². The zero-order valence-electron chi connectivity index (χ0n) is 7.24. The van der Waals surface area contributed by atoms with Gasteiger partial charge >= 0.3 is 12.2 Å². The van der Waals surface area contributed by atoms with Crippen molar-refractivity contribution in [2.45, 2.75) is 31.0 Å². The Labute approximate surface area is 78.4 Å². The Morgan fingerprint density at radius 3 is 2.43 bits per heavy atom. The summed E-state index contributed by atoms with van der Waals surface area (Å²) in [5.74, 6) is 0. The second kappa shape index (κ2) is 2.65. The number of nitrogens with one attached hydrogen (secondary N) is 2. The molecule has 6 heteroatoms. The van der Waals surface area contributed by atoms with Crippen LogP contribution in [0.2, 0.25) is 0 Å². The van der Waals surface area contributed by atoms with E-state index < -0.39 is 23.4 Å². The molecule has 1 heterocycles. The number of alkyl halides is 3. The first kappa shape index (κ1) is 9.36. The molecule has 0 aromatic heterocycles. The van der Waals surface area contributed by atoms with Gasteiger partial charge in [-0.25, -0.2) is 4.79 Å². The zero-order chi connectivity index (χ0) is 10.4. The Morgan fingerprint density at radius 1 is 1.36 bits per heavy atom. The number of amides is 2. The van der Waals surface area contributed by atoms with Gasteiger partial charge in [-0.05, 0) is 25.3 Å². The highest BCUT2D eigenvalue weighted by molar-refractivity contribution is 5.79. The third-order valence-corrected chi connectivity index (χ3v) is 2.58. The number of hydrogen-bond donors (Lipinski definition) is 2. The second-order valence-electron chi connectivity index (χ2n) is 3.64. The largest absolute Gasteiger partial charge is 0.431 e. The van der Waals surface area contributed by atoms with Crippen LogP contribution in [0.5, 0.6) is 0 Å². The van der Waals surface area contributed by atoms with Crippen LogP contribution in [0.1, 0.15) is 19.3 Å². The Balaban J connectivity index is 2.28. The number of carbonyl (C=O) groups excluding carboxylic acids is 1. The van der Waals surface area contributed by atoms with Crippen LogP contribution in [-0.4, -0.2) is 17.7 Å². The lowest BCUT2D eigenvalue weighted by Gasteiger charge is -2.43. The summed E-state index contributed by atoms with van der Waals surface area (Å²) in [6.45, 7) is 0. The molecule has 0 saturated heterocycles. The molecule has 0 unspecified atom stereocenters. The summed E-state index contributed by atoms with van der Waals surface area (Å²) in [5.41, 5.74) is -1.69. The summed E-state index contributed by atoms with van der Waals surface area (Å²) in [6, 6.07) is -0.764. The number of rotatable bonds is 0. The summed E-state index contributed by atoms with van der Waals surface area (Å²) in [7, 11) is 0. The van der Waals surface area contributed by atoms with Gasteiger partial charge in [-0.1, -0.05) is 0 Å². The van der Waals surface area contributed by atoms with E-state index >= 15 is 0 Å². The number of carbonyl (C=O) groups is 1. The van der Waals surface area contributed by atoms with Crippen molar-refractivity contribution in [3.63, 3.8) is 0 Å². The first-order valence-electron chi connectivity index (χ1n) is 4.31. The molecule has 0 aromatic carbocycles. The quantitative estimate of drug-likeness (QED) is 0.621. The van der Waals surface area contributed by atoms with Crippen molar-refractivity contribution in [2.75, 3.05) is 0 Å². The number of halogens is 3. The summed E-state index contributed by atoms with van der Waals surface area (Å²) in [5, 5.41) is 4.27. The Morgan fingerprint density at radius 2 is 2.00 bits per heavy atom. The van der Waals surface area contributed by atoms with Gasteiger partial charge in [0.2, 0.25) is 0 Å². The summed E-state index contributed by atoms with van der Waals surface area (Å²) >= 11 is 0. The SMILES string of the molecule is O=C1NC(C(F)(F)F)=CC2(CCC2)N1. The standard InChI is InChI=1S/C8H9F3N2O/c9-8(10,11)5-4-7(2-1-3-7)13-6(14)12-5/h4H,1-3H2,(H2,12,13,14). The van der Waals surface area contributed by atoms with Gasteiger partial charge in [-0.2, -0.15) is 13.2 Å². The lowest BCUT2D eigenvalue weighted by atomic mass is 9.75. The van der Waals surface area contributed by atoms with Crippen LogP contribution in [-0.2, 0) is 0 Å². The fourth-order valence-electron chi connectivity index (χ4n) is 1.71. The summed E-state index contributed by atoms with van der Waals surface area (Å²) in [4.78, 5) is 11.0. The average Bonchev–Trinajstić information content (AvgIpc) is 1.98.